The van der Waals surface area contributed by atoms with Crippen molar-refractivity contribution in [3.05, 3.63) is 0 Å². The van der Waals surface area contributed by atoms with Gasteiger partial charge in [-0.25, -0.2) is 0 Å². The van der Waals surface area contributed by atoms with Gasteiger partial charge in [0, 0.05) is 11.7 Å². The first-order valence-corrected chi connectivity index (χ1v) is 7.74. The Balaban J connectivity index is 1.56. The fourth-order valence-electron chi connectivity index (χ4n) is 2.56. The van der Waals surface area contributed by atoms with Crippen molar-refractivity contribution in [2.75, 3.05) is 19.0 Å². The molecule has 94 valence electrons. The molecule has 1 saturated carbocycles. The highest BCUT2D eigenvalue weighted by atomic mass is 32.2. The number of ether oxygens (including phenoxy) is 2. The first-order chi connectivity index (χ1) is 7.84. The van der Waals surface area contributed by atoms with Gasteiger partial charge < -0.3 is 9.47 Å². The van der Waals surface area contributed by atoms with E-state index in [-0.39, 0.29) is 6.29 Å². The summed E-state index contributed by atoms with van der Waals surface area (Å²) >= 11 is 2.13. The Morgan fingerprint density at radius 1 is 1.12 bits per heavy atom. The molecule has 0 spiro atoms. The second kappa shape index (κ2) is 6.87. The van der Waals surface area contributed by atoms with Crippen LogP contribution in [0.15, 0.2) is 0 Å². The zero-order valence-electron chi connectivity index (χ0n) is 10.3. The summed E-state index contributed by atoms with van der Waals surface area (Å²) in [6, 6.07) is 0. The minimum atomic E-state index is 0.0854. The lowest BCUT2D eigenvalue weighted by Gasteiger charge is -2.27. The van der Waals surface area contributed by atoms with Crippen LogP contribution in [0.2, 0.25) is 0 Å². The van der Waals surface area contributed by atoms with E-state index in [1.807, 2.05) is 0 Å². The zero-order valence-corrected chi connectivity index (χ0v) is 11.1. The van der Waals surface area contributed by atoms with E-state index in [0.717, 1.165) is 37.2 Å². The molecule has 2 atom stereocenters. The van der Waals surface area contributed by atoms with Crippen molar-refractivity contribution in [2.45, 2.75) is 57.0 Å². The summed E-state index contributed by atoms with van der Waals surface area (Å²) in [6.07, 6.45) is 7.90. The molecule has 2 aliphatic rings. The van der Waals surface area contributed by atoms with Crippen molar-refractivity contribution in [1.82, 2.24) is 0 Å². The Morgan fingerprint density at radius 3 is 2.69 bits per heavy atom. The van der Waals surface area contributed by atoms with E-state index in [0.29, 0.717) is 0 Å². The Kier molecular flexibility index (Phi) is 5.46. The largest absolute Gasteiger partial charge is 0.353 e. The third-order valence-corrected chi connectivity index (χ3v) is 4.86. The smallest absolute Gasteiger partial charge is 0.158 e. The highest BCUT2D eigenvalue weighted by molar-refractivity contribution is 7.99. The summed E-state index contributed by atoms with van der Waals surface area (Å²) < 4.78 is 11.1. The average molecular weight is 244 g/mol. The Labute approximate surface area is 103 Å². The van der Waals surface area contributed by atoms with Crippen molar-refractivity contribution in [1.29, 1.82) is 0 Å². The number of hydrogen-bond acceptors (Lipinski definition) is 3. The van der Waals surface area contributed by atoms with Crippen LogP contribution in [0.4, 0.5) is 0 Å². The lowest BCUT2D eigenvalue weighted by atomic mass is 9.91. The molecule has 1 saturated heterocycles. The van der Waals surface area contributed by atoms with Gasteiger partial charge in [0.15, 0.2) is 6.29 Å². The normalized spacial score (nSPS) is 32.8. The van der Waals surface area contributed by atoms with Gasteiger partial charge in [-0.2, -0.15) is 11.8 Å². The van der Waals surface area contributed by atoms with Gasteiger partial charge in [0.25, 0.3) is 0 Å². The second-order valence-electron chi connectivity index (χ2n) is 5.08. The molecular formula is C13H24O2S. The Bertz CT molecular complexity index is 192. The van der Waals surface area contributed by atoms with Gasteiger partial charge >= 0.3 is 0 Å². The fourth-order valence-corrected chi connectivity index (χ4v) is 4.02. The van der Waals surface area contributed by atoms with Gasteiger partial charge in [-0.05, 0) is 30.9 Å². The minimum absolute atomic E-state index is 0.0854. The SMILES string of the molecule is CC1CCCC(SCCC2OCCCO2)C1. The maximum absolute atomic E-state index is 5.55. The van der Waals surface area contributed by atoms with Crippen LogP contribution >= 0.6 is 11.8 Å². The van der Waals surface area contributed by atoms with Gasteiger partial charge in [-0.3, -0.25) is 0 Å². The topological polar surface area (TPSA) is 18.5 Å². The summed E-state index contributed by atoms with van der Waals surface area (Å²) in [5.41, 5.74) is 0. The fraction of sp³-hybridized carbons (Fsp3) is 1.00. The summed E-state index contributed by atoms with van der Waals surface area (Å²) in [5.74, 6) is 2.13. The lowest BCUT2D eigenvalue weighted by molar-refractivity contribution is -0.178. The van der Waals surface area contributed by atoms with Gasteiger partial charge in [0.1, 0.15) is 0 Å². The Hall–Kier alpha value is 0.270. The molecule has 0 bridgehead atoms. The predicted octanol–water partition coefficient (Wildman–Crippen LogP) is 3.45. The summed E-state index contributed by atoms with van der Waals surface area (Å²) in [4.78, 5) is 0. The van der Waals surface area contributed by atoms with E-state index >= 15 is 0 Å². The molecule has 0 N–H and O–H groups in total. The van der Waals surface area contributed by atoms with Crippen LogP contribution in [0.5, 0.6) is 0 Å². The maximum atomic E-state index is 5.55. The van der Waals surface area contributed by atoms with E-state index in [4.69, 9.17) is 9.47 Å². The summed E-state index contributed by atoms with van der Waals surface area (Å²) in [7, 11) is 0. The van der Waals surface area contributed by atoms with Crippen LogP contribution in [-0.2, 0) is 9.47 Å². The molecule has 2 fully saturated rings. The van der Waals surface area contributed by atoms with Crippen LogP contribution < -0.4 is 0 Å². The molecular weight excluding hydrogens is 220 g/mol. The van der Waals surface area contributed by atoms with E-state index in [1.165, 1.54) is 31.4 Å². The van der Waals surface area contributed by atoms with Crippen molar-refractivity contribution < 1.29 is 9.47 Å². The monoisotopic (exact) mass is 244 g/mol. The van der Waals surface area contributed by atoms with Crippen molar-refractivity contribution >= 4 is 11.8 Å². The van der Waals surface area contributed by atoms with Crippen LogP contribution in [0, 0.1) is 5.92 Å². The standard InChI is InChI=1S/C13H24O2S/c1-11-4-2-5-12(10-11)16-9-6-13-14-7-3-8-15-13/h11-13H,2-10H2,1H3. The lowest BCUT2D eigenvalue weighted by Crippen LogP contribution is -2.25. The predicted molar refractivity (Wildman–Crippen MR) is 68.8 cm³/mol. The van der Waals surface area contributed by atoms with Crippen LogP contribution in [-0.4, -0.2) is 30.5 Å². The van der Waals surface area contributed by atoms with Gasteiger partial charge in [0.05, 0.1) is 13.2 Å². The van der Waals surface area contributed by atoms with Crippen molar-refractivity contribution in [2.24, 2.45) is 5.92 Å². The van der Waals surface area contributed by atoms with E-state index in [2.05, 4.69) is 18.7 Å². The van der Waals surface area contributed by atoms with Crippen LogP contribution in [0.1, 0.15) is 45.4 Å². The summed E-state index contributed by atoms with van der Waals surface area (Å²) in [5, 5.41) is 0.896. The quantitative estimate of drug-likeness (QED) is 0.754. The molecule has 1 heterocycles. The molecule has 0 aromatic carbocycles. The molecule has 1 aliphatic heterocycles. The molecule has 0 radical (unpaired) electrons. The molecule has 16 heavy (non-hydrogen) atoms. The Morgan fingerprint density at radius 2 is 1.94 bits per heavy atom. The highest BCUT2D eigenvalue weighted by Gasteiger charge is 2.20. The highest BCUT2D eigenvalue weighted by Crippen LogP contribution is 2.32. The number of thioether (sulfide) groups is 1. The summed E-state index contributed by atoms with van der Waals surface area (Å²) in [6.45, 7) is 4.16. The minimum Gasteiger partial charge on any atom is -0.353 e. The molecule has 2 rings (SSSR count). The van der Waals surface area contributed by atoms with E-state index in [9.17, 15) is 0 Å². The molecule has 2 nitrogen and oxygen atoms in total. The maximum Gasteiger partial charge on any atom is 0.158 e. The average Bonchev–Trinajstić information content (AvgIpc) is 2.30. The van der Waals surface area contributed by atoms with Gasteiger partial charge in [-0.15, -0.1) is 0 Å². The molecule has 1 aliphatic carbocycles. The molecule has 0 amide bonds. The van der Waals surface area contributed by atoms with Gasteiger partial charge in [0.2, 0.25) is 0 Å². The first-order valence-electron chi connectivity index (χ1n) is 6.69. The first kappa shape index (κ1) is 12.7. The second-order valence-corrected chi connectivity index (χ2v) is 6.49. The van der Waals surface area contributed by atoms with Crippen molar-refractivity contribution in [3.63, 3.8) is 0 Å². The van der Waals surface area contributed by atoms with Crippen LogP contribution in [0.25, 0.3) is 0 Å². The molecule has 3 heteroatoms. The van der Waals surface area contributed by atoms with Gasteiger partial charge in [-0.1, -0.05) is 19.8 Å². The third-order valence-electron chi connectivity index (χ3n) is 3.49. The van der Waals surface area contributed by atoms with E-state index < -0.39 is 0 Å². The third kappa shape index (κ3) is 4.27. The number of rotatable bonds is 4. The number of hydrogen-bond donors (Lipinski definition) is 0. The molecule has 2 unspecified atom stereocenters. The molecule has 0 aromatic heterocycles. The van der Waals surface area contributed by atoms with Crippen molar-refractivity contribution in [3.8, 4) is 0 Å². The van der Waals surface area contributed by atoms with Crippen LogP contribution in [0.3, 0.4) is 0 Å². The molecule has 0 aromatic rings. The van der Waals surface area contributed by atoms with E-state index in [1.54, 1.807) is 0 Å². The zero-order chi connectivity index (χ0) is 11.2.